The first-order chi connectivity index (χ1) is 8.79. The van der Waals surface area contributed by atoms with E-state index in [1.165, 1.54) is 24.3 Å². The highest BCUT2D eigenvalue weighted by Gasteiger charge is 2.07. The molecule has 0 aliphatic carbocycles. The third-order valence-corrected chi connectivity index (χ3v) is 3.24. The van der Waals surface area contributed by atoms with Crippen molar-refractivity contribution in [3.8, 4) is 0 Å². The van der Waals surface area contributed by atoms with Crippen LogP contribution >= 0.6 is 12.2 Å². The van der Waals surface area contributed by atoms with Crippen LogP contribution in [0.3, 0.4) is 0 Å². The maximum Gasteiger partial charge on any atom is 0.305 e. The third-order valence-electron chi connectivity index (χ3n) is 2.07. The van der Waals surface area contributed by atoms with Gasteiger partial charge in [0.2, 0.25) is 10.0 Å². The SMILES string of the molecule is NS(=O)(=O)c1ccc(NC(=S)NCCC(=O)O)cc1. The van der Waals surface area contributed by atoms with Crippen molar-refractivity contribution in [3.05, 3.63) is 24.3 Å². The second-order valence-electron chi connectivity index (χ2n) is 3.59. The molecule has 0 bridgehead atoms. The summed E-state index contributed by atoms with van der Waals surface area (Å²) in [6, 6.07) is 5.70. The van der Waals surface area contributed by atoms with Gasteiger partial charge in [-0.3, -0.25) is 4.79 Å². The molecular formula is C10H13N3O4S2. The number of benzene rings is 1. The van der Waals surface area contributed by atoms with Gasteiger partial charge in [0.15, 0.2) is 5.11 Å². The van der Waals surface area contributed by atoms with Crippen LogP contribution in [0.1, 0.15) is 6.42 Å². The van der Waals surface area contributed by atoms with Crippen LogP contribution in [0.4, 0.5) is 5.69 Å². The average Bonchev–Trinajstić information content (AvgIpc) is 2.27. The maximum absolute atomic E-state index is 11.0. The number of carbonyl (C=O) groups is 1. The van der Waals surface area contributed by atoms with Crippen molar-refractivity contribution in [1.82, 2.24) is 5.32 Å². The fraction of sp³-hybridized carbons (Fsp3) is 0.200. The first kappa shape index (κ1) is 15.3. The number of hydrogen-bond acceptors (Lipinski definition) is 4. The monoisotopic (exact) mass is 303 g/mol. The molecule has 0 aromatic heterocycles. The van der Waals surface area contributed by atoms with Gasteiger partial charge < -0.3 is 15.7 Å². The topological polar surface area (TPSA) is 122 Å². The lowest BCUT2D eigenvalue weighted by Gasteiger charge is -2.09. The fourth-order valence-corrected chi connectivity index (χ4v) is 1.92. The first-order valence-electron chi connectivity index (χ1n) is 5.18. The smallest absolute Gasteiger partial charge is 0.305 e. The van der Waals surface area contributed by atoms with Crippen molar-refractivity contribution in [1.29, 1.82) is 0 Å². The van der Waals surface area contributed by atoms with Gasteiger partial charge in [0, 0.05) is 12.2 Å². The zero-order valence-corrected chi connectivity index (χ0v) is 11.4. The molecule has 0 saturated heterocycles. The molecule has 0 spiro atoms. The summed E-state index contributed by atoms with van der Waals surface area (Å²) in [5.74, 6) is -0.923. The largest absolute Gasteiger partial charge is 0.481 e. The van der Waals surface area contributed by atoms with Gasteiger partial charge in [0.1, 0.15) is 0 Å². The summed E-state index contributed by atoms with van der Waals surface area (Å²) in [6.07, 6.45) is -0.0494. The minimum absolute atomic E-state index is 0.00260. The van der Waals surface area contributed by atoms with Gasteiger partial charge in [-0.05, 0) is 36.5 Å². The van der Waals surface area contributed by atoms with Crippen LogP contribution in [-0.2, 0) is 14.8 Å². The van der Waals surface area contributed by atoms with E-state index in [0.29, 0.717) is 5.69 Å². The van der Waals surface area contributed by atoms with Crippen molar-refractivity contribution >= 4 is 39.0 Å². The van der Waals surface area contributed by atoms with Crippen molar-refractivity contribution in [2.45, 2.75) is 11.3 Å². The molecule has 1 aromatic carbocycles. The Hall–Kier alpha value is -1.71. The van der Waals surface area contributed by atoms with Crippen LogP contribution in [0, 0.1) is 0 Å². The van der Waals surface area contributed by atoms with E-state index in [0.717, 1.165) is 0 Å². The average molecular weight is 303 g/mol. The lowest BCUT2D eigenvalue weighted by atomic mass is 10.3. The van der Waals surface area contributed by atoms with Gasteiger partial charge >= 0.3 is 5.97 Å². The number of sulfonamides is 1. The van der Waals surface area contributed by atoms with E-state index in [4.69, 9.17) is 22.5 Å². The van der Waals surface area contributed by atoms with E-state index in [2.05, 4.69) is 10.6 Å². The summed E-state index contributed by atoms with van der Waals surface area (Å²) in [6.45, 7) is 0.205. The first-order valence-corrected chi connectivity index (χ1v) is 7.14. The molecule has 0 aliphatic rings. The van der Waals surface area contributed by atoms with E-state index in [1.807, 2.05) is 0 Å². The zero-order chi connectivity index (χ0) is 14.5. The van der Waals surface area contributed by atoms with Gasteiger partial charge in [0.25, 0.3) is 0 Å². The van der Waals surface area contributed by atoms with Crippen molar-refractivity contribution in [2.24, 2.45) is 5.14 Å². The van der Waals surface area contributed by atoms with E-state index in [9.17, 15) is 13.2 Å². The number of rotatable bonds is 5. The van der Waals surface area contributed by atoms with Crippen molar-refractivity contribution in [3.63, 3.8) is 0 Å². The number of nitrogens with one attached hydrogen (secondary N) is 2. The van der Waals surface area contributed by atoms with Gasteiger partial charge in [-0.15, -0.1) is 0 Å². The highest BCUT2D eigenvalue weighted by atomic mass is 32.2. The maximum atomic E-state index is 11.0. The molecule has 0 aliphatic heterocycles. The Bertz CT molecular complexity index is 569. The Morgan fingerprint density at radius 2 is 1.89 bits per heavy atom. The molecule has 9 heteroatoms. The summed E-state index contributed by atoms with van der Waals surface area (Å²) in [4.78, 5) is 10.3. The van der Waals surface area contributed by atoms with Crippen LogP contribution in [0.2, 0.25) is 0 Å². The number of hydrogen-bond donors (Lipinski definition) is 4. The molecule has 19 heavy (non-hydrogen) atoms. The lowest BCUT2D eigenvalue weighted by Crippen LogP contribution is -2.30. The molecule has 0 fully saturated rings. The summed E-state index contributed by atoms with van der Waals surface area (Å²) in [5, 5.41) is 19.2. The highest BCUT2D eigenvalue weighted by molar-refractivity contribution is 7.89. The molecule has 0 heterocycles. The van der Waals surface area contributed by atoms with Gasteiger partial charge in [-0.25, -0.2) is 13.6 Å². The quantitative estimate of drug-likeness (QED) is 0.569. The minimum Gasteiger partial charge on any atom is -0.481 e. The molecule has 1 aromatic rings. The van der Waals surface area contributed by atoms with Crippen LogP contribution < -0.4 is 15.8 Å². The van der Waals surface area contributed by atoms with Crippen LogP contribution in [0.5, 0.6) is 0 Å². The highest BCUT2D eigenvalue weighted by Crippen LogP contribution is 2.12. The number of primary sulfonamides is 1. The van der Waals surface area contributed by atoms with Gasteiger partial charge in [-0.1, -0.05) is 0 Å². The second kappa shape index (κ2) is 6.45. The van der Waals surface area contributed by atoms with E-state index in [1.54, 1.807) is 0 Å². The van der Waals surface area contributed by atoms with E-state index >= 15 is 0 Å². The van der Waals surface area contributed by atoms with Crippen molar-refractivity contribution < 1.29 is 18.3 Å². The van der Waals surface area contributed by atoms with Gasteiger partial charge in [0.05, 0.1) is 11.3 Å². The summed E-state index contributed by atoms with van der Waals surface area (Å²) in [7, 11) is -3.71. The number of anilines is 1. The van der Waals surface area contributed by atoms with Crippen LogP contribution in [-0.4, -0.2) is 31.2 Å². The molecule has 0 unspecified atom stereocenters. The second-order valence-corrected chi connectivity index (χ2v) is 5.56. The number of thiocarbonyl (C=S) groups is 1. The summed E-state index contributed by atoms with van der Waals surface area (Å²) >= 11 is 4.94. The molecule has 104 valence electrons. The Morgan fingerprint density at radius 3 is 2.37 bits per heavy atom. The molecule has 5 N–H and O–H groups in total. The Kier molecular flexibility index (Phi) is 5.21. The molecule has 0 amide bonds. The molecule has 0 radical (unpaired) electrons. The van der Waals surface area contributed by atoms with E-state index < -0.39 is 16.0 Å². The van der Waals surface area contributed by atoms with Gasteiger partial charge in [-0.2, -0.15) is 0 Å². The number of nitrogens with two attached hydrogens (primary N) is 1. The van der Waals surface area contributed by atoms with Crippen molar-refractivity contribution in [2.75, 3.05) is 11.9 Å². The third kappa shape index (κ3) is 5.64. The van der Waals surface area contributed by atoms with Crippen LogP contribution in [0.15, 0.2) is 29.2 Å². The molecule has 0 atom stereocenters. The summed E-state index contributed by atoms with van der Waals surface area (Å²) < 4.78 is 22.1. The zero-order valence-electron chi connectivity index (χ0n) is 9.79. The Labute approximate surface area is 115 Å². The normalized spacial score (nSPS) is 10.8. The summed E-state index contributed by atoms with van der Waals surface area (Å²) in [5.41, 5.74) is 0.570. The predicted octanol–water partition coefficient (Wildman–Crippen LogP) is 0.0951. The molecular weight excluding hydrogens is 290 g/mol. The standard InChI is InChI=1S/C10H13N3O4S2/c11-19(16,17)8-3-1-7(2-4-8)13-10(18)12-6-5-9(14)15/h1-4H,5-6H2,(H,14,15)(H2,11,16,17)(H2,12,13,18). The Morgan fingerprint density at radius 1 is 1.32 bits per heavy atom. The number of carboxylic acids is 1. The lowest BCUT2D eigenvalue weighted by molar-refractivity contribution is -0.136. The van der Waals surface area contributed by atoms with E-state index in [-0.39, 0.29) is 23.0 Å². The molecule has 7 nitrogen and oxygen atoms in total. The number of carboxylic acid groups (broad SMARTS) is 1. The fourth-order valence-electron chi connectivity index (χ4n) is 1.19. The predicted molar refractivity (Wildman–Crippen MR) is 74.3 cm³/mol. The number of aliphatic carboxylic acids is 1. The Balaban J connectivity index is 2.54. The molecule has 0 saturated carbocycles. The minimum atomic E-state index is -3.71. The molecule has 1 rings (SSSR count). The van der Waals surface area contributed by atoms with Crippen LogP contribution in [0.25, 0.3) is 0 Å².